The average Bonchev–Trinajstić information content (AvgIpc) is 2.78. The van der Waals surface area contributed by atoms with Crippen molar-refractivity contribution in [2.75, 3.05) is 18.0 Å². The Bertz CT molecular complexity index is 709. The fourth-order valence-corrected chi connectivity index (χ4v) is 3.26. The van der Waals surface area contributed by atoms with E-state index < -0.39 is 0 Å². The van der Waals surface area contributed by atoms with Crippen molar-refractivity contribution in [2.45, 2.75) is 32.0 Å². The number of nitrogens with zero attached hydrogens (tertiary/aromatic N) is 1. The van der Waals surface area contributed by atoms with E-state index in [-0.39, 0.29) is 17.6 Å². The van der Waals surface area contributed by atoms with E-state index in [0.29, 0.717) is 16.9 Å². The minimum atomic E-state index is 0.0313. The minimum Gasteiger partial charge on any atom is -0.440 e. The molecule has 0 N–H and O–H groups in total. The number of fused-ring (bicyclic) bond motifs is 3. The largest absolute Gasteiger partial charge is 0.440 e. The van der Waals surface area contributed by atoms with Gasteiger partial charge >= 0.3 is 0 Å². The Morgan fingerprint density at radius 3 is 2.70 bits per heavy atom. The van der Waals surface area contributed by atoms with Gasteiger partial charge in [0.2, 0.25) is 0 Å². The summed E-state index contributed by atoms with van der Waals surface area (Å²) in [6.45, 7) is 3.60. The highest BCUT2D eigenvalue weighted by Gasteiger charge is 2.34. The van der Waals surface area contributed by atoms with E-state index in [2.05, 4.69) is 4.90 Å². The third kappa shape index (κ3) is 1.83. The van der Waals surface area contributed by atoms with Crippen LogP contribution in [0.15, 0.2) is 33.5 Å². The molecule has 0 amide bonds. The molecule has 1 aromatic carbocycles. The Balaban J connectivity index is 1.81. The second-order valence-electron chi connectivity index (χ2n) is 5.76. The predicted molar refractivity (Wildman–Crippen MR) is 77.3 cm³/mol. The summed E-state index contributed by atoms with van der Waals surface area (Å²) in [6, 6.07) is 7.30. The van der Waals surface area contributed by atoms with Crippen LogP contribution in [0.3, 0.4) is 0 Å². The zero-order chi connectivity index (χ0) is 13.7. The van der Waals surface area contributed by atoms with Crippen molar-refractivity contribution < 1.29 is 9.15 Å². The standard InChI is InChI=1S/C16H17NO3/c1-10-3-2-4-13-14(18)7-15(20-16(10)13)17-8-11-5-6-12(9-17)19-11/h2-4,7,11-12H,5-6,8-9H2,1H3. The van der Waals surface area contributed by atoms with Crippen molar-refractivity contribution in [1.29, 1.82) is 0 Å². The smallest absolute Gasteiger partial charge is 0.200 e. The van der Waals surface area contributed by atoms with E-state index in [9.17, 15) is 4.79 Å². The molecular weight excluding hydrogens is 254 g/mol. The monoisotopic (exact) mass is 271 g/mol. The first-order valence-corrected chi connectivity index (χ1v) is 7.14. The number of anilines is 1. The second-order valence-corrected chi connectivity index (χ2v) is 5.76. The van der Waals surface area contributed by atoms with E-state index >= 15 is 0 Å². The van der Waals surface area contributed by atoms with Gasteiger partial charge in [0.15, 0.2) is 11.3 Å². The summed E-state index contributed by atoms with van der Waals surface area (Å²) in [5.74, 6) is 0.678. The molecule has 2 bridgehead atoms. The molecule has 1 aromatic heterocycles. The lowest BCUT2D eigenvalue weighted by Crippen LogP contribution is -2.42. The number of hydrogen-bond donors (Lipinski definition) is 0. The van der Waals surface area contributed by atoms with Gasteiger partial charge in [-0.25, -0.2) is 0 Å². The van der Waals surface area contributed by atoms with Crippen molar-refractivity contribution in [1.82, 2.24) is 0 Å². The summed E-state index contributed by atoms with van der Waals surface area (Å²) in [5.41, 5.74) is 1.73. The van der Waals surface area contributed by atoms with Gasteiger partial charge in [-0.1, -0.05) is 12.1 Å². The highest BCUT2D eigenvalue weighted by molar-refractivity contribution is 5.80. The molecule has 4 heteroatoms. The first-order chi connectivity index (χ1) is 9.70. The third-order valence-electron chi connectivity index (χ3n) is 4.29. The number of benzene rings is 1. The van der Waals surface area contributed by atoms with Gasteiger partial charge in [-0.05, 0) is 31.4 Å². The van der Waals surface area contributed by atoms with E-state index in [1.807, 2.05) is 25.1 Å². The molecule has 0 radical (unpaired) electrons. The highest BCUT2D eigenvalue weighted by atomic mass is 16.5. The summed E-state index contributed by atoms with van der Waals surface area (Å²) in [6.07, 6.45) is 2.79. The summed E-state index contributed by atoms with van der Waals surface area (Å²) in [7, 11) is 0. The number of para-hydroxylation sites is 1. The predicted octanol–water partition coefficient (Wildman–Crippen LogP) is 2.47. The lowest BCUT2D eigenvalue weighted by molar-refractivity contribution is 0.0291. The van der Waals surface area contributed by atoms with Gasteiger partial charge in [0.1, 0.15) is 5.58 Å². The van der Waals surface area contributed by atoms with Crippen LogP contribution in [0, 0.1) is 6.92 Å². The summed E-state index contributed by atoms with van der Waals surface area (Å²) < 4.78 is 11.8. The Morgan fingerprint density at radius 2 is 1.95 bits per heavy atom. The lowest BCUT2D eigenvalue weighted by Gasteiger charge is -2.32. The molecule has 4 nitrogen and oxygen atoms in total. The fourth-order valence-electron chi connectivity index (χ4n) is 3.26. The summed E-state index contributed by atoms with van der Waals surface area (Å²) in [4.78, 5) is 14.4. The van der Waals surface area contributed by atoms with Crippen LogP contribution in [0.5, 0.6) is 0 Å². The van der Waals surface area contributed by atoms with E-state index in [4.69, 9.17) is 9.15 Å². The highest BCUT2D eigenvalue weighted by Crippen LogP contribution is 2.30. The molecule has 2 saturated heterocycles. The van der Waals surface area contributed by atoms with Crippen LogP contribution in [0.2, 0.25) is 0 Å². The number of morpholine rings is 1. The fraction of sp³-hybridized carbons (Fsp3) is 0.438. The normalized spacial score (nSPS) is 25.4. The van der Waals surface area contributed by atoms with Crippen LogP contribution >= 0.6 is 0 Å². The van der Waals surface area contributed by atoms with Crippen molar-refractivity contribution in [3.8, 4) is 0 Å². The molecule has 104 valence electrons. The van der Waals surface area contributed by atoms with E-state index in [1.165, 1.54) is 0 Å². The molecule has 0 spiro atoms. The molecule has 2 fully saturated rings. The van der Waals surface area contributed by atoms with Crippen LogP contribution in [-0.4, -0.2) is 25.3 Å². The molecule has 2 atom stereocenters. The molecular formula is C16H17NO3. The Kier molecular flexibility index (Phi) is 2.60. The van der Waals surface area contributed by atoms with Crippen molar-refractivity contribution >= 4 is 16.9 Å². The summed E-state index contributed by atoms with van der Waals surface area (Å²) >= 11 is 0. The molecule has 0 saturated carbocycles. The molecule has 4 rings (SSSR count). The van der Waals surface area contributed by atoms with Crippen molar-refractivity contribution in [2.24, 2.45) is 0 Å². The Morgan fingerprint density at radius 1 is 1.20 bits per heavy atom. The molecule has 2 aliphatic heterocycles. The topological polar surface area (TPSA) is 42.7 Å². The van der Waals surface area contributed by atoms with Gasteiger partial charge < -0.3 is 14.1 Å². The maximum atomic E-state index is 12.3. The third-order valence-corrected chi connectivity index (χ3v) is 4.29. The molecule has 2 aliphatic rings. The van der Waals surface area contributed by atoms with Crippen LogP contribution in [-0.2, 0) is 4.74 Å². The SMILES string of the molecule is Cc1cccc2c(=O)cc(N3CC4CCC(C3)O4)oc12. The number of aryl methyl sites for hydroxylation is 1. The Hall–Kier alpha value is -1.81. The van der Waals surface area contributed by atoms with E-state index in [1.54, 1.807) is 6.07 Å². The van der Waals surface area contributed by atoms with Crippen LogP contribution in [0.4, 0.5) is 5.88 Å². The maximum Gasteiger partial charge on any atom is 0.200 e. The quantitative estimate of drug-likeness (QED) is 0.799. The number of rotatable bonds is 1. The first-order valence-electron chi connectivity index (χ1n) is 7.14. The summed E-state index contributed by atoms with van der Waals surface area (Å²) in [5, 5.41) is 0.657. The van der Waals surface area contributed by atoms with Gasteiger partial charge in [-0.3, -0.25) is 4.79 Å². The van der Waals surface area contributed by atoms with E-state index in [0.717, 1.165) is 31.5 Å². The van der Waals surface area contributed by atoms with Gasteiger partial charge in [0.25, 0.3) is 0 Å². The van der Waals surface area contributed by atoms with Crippen LogP contribution in [0.1, 0.15) is 18.4 Å². The molecule has 20 heavy (non-hydrogen) atoms. The zero-order valence-electron chi connectivity index (χ0n) is 11.5. The van der Waals surface area contributed by atoms with Crippen LogP contribution in [0.25, 0.3) is 11.0 Å². The maximum absolute atomic E-state index is 12.3. The van der Waals surface area contributed by atoms with Gasteiger partial charge in [0.05, 0.1) is 17.6 Å². The van der Waals surface area contributed by atoms with Gasteiger partial charge in [-0.2, -0.15) is 0 Å². The molecule has 2 unspecified atom stereocenters. The second kappa shape index (κ2) is 4.35. The molecule has 3 heterocycles. The van der Waals surface area contributed by atoms with Gasteiger partial charge in [0, 0.05) is 19.2 Å². The minimum absolute atomic E-state index is 0.0313. The number of ether oxygens (including phenoxy) is 1. The average molecular weight is 271 g/mol. The zero-order valence-corrected chi connectivity index (χ0v) is 11.5. The van der Waals surface area contributed by atoms with Crippen LogP contribution < -0.4 is 10.3 Å². The first kappa shape index (κ1) is 12.0. The van der Waals surface area contributed by atoms with Crippen molar-refractivity contribution in [3.63, 3.8) is 0 Å². The lowest BCUT2D eigenvalue weighted by atomic mass is 10.1. The Labute approximate surface area is 116 Å². The number of hydrogen-bond acceptors (Lipinski definition) is 4. The molecule has 2 aromatic rings. The van der Waals surface area contributed by atoms with Crippen molar-refractivity contribution in [3.05, 3.63) is 40.1 Å². The molecule has 0 aliphatic carbocycles. The van der Waals surface area contributed by atoms with Gasteiger partial charge in [-0.15, -0.1) is 0 Å².